The minimum absolute atomic E-state index is 0.327. The summed E-state index contributed by atoms with van der Waals surface area (Å²) < 4.78 is 24.6. The molecule has 5 nitrogen and oxygen atoms in total. The summed E-state index contributed by atoms with van der Waals surface area (Å²) in [5, 5.41) is 8.14. The van der Waals surface area contributed by atoms with Crippen LogP contribution in [0, 0.1) is 0 Å². The summed E-state index contributed by atoms with van der Waals surface area (Å²) in [7, 11) is 0. The molecule has 0 aromatic rings. The molecule has 0 aromatic heterocycles. The fourth-order valence-electron chi connectivity index (χ4n) is 0.526. The van der Waals surface area contributed by atoms with E-state index in [1.54, 1.807) is 0 Å². The van der Waals surface area contributed by atoms with Crippen molar-refractivity contribution in [1.29, 1.82) is 0 Å². The van der Waals surface area contributed by atoms with E-state index in [2.05, 4.69) is 6.92 Å². The first-order chi connectivity index (χ1) is 5.50. The molecule has 0 saturated carbocycles. The molecule has 0 aliphatic rings. The number of rotatable bonds is 4. The van der Waals surface area contributed by atoms with Gasteiger partial charge >= 0.3 is 34.9 Å². The number of hydrogen-bond acceptors (Lipinski definition) is 3. The minimum atomic E-state index is -3.95. The van der Waals surface area contributed by atoms with E-state index in [0.29, 0.717) is 6.42 Å². The molecule has 0 saturated heterocycles. The van der Waals surface area contributed by atoms with Crippen LogP contribution in [-0.2, 0) is 30.1 Å². The molecular formula is C6H13NbO5. The van der Waals surface area contributed by atoms with E-state index in [0.717, 1.165) is 19.3 Å². The average molecular weight is 258 g/mol. The maximum absolute atomic E-state index is 9.87. The van der Waals surface area contributed by atoms with Gasteiger partial charge in [-0.15, -0.1) is 0 Å². The fourth-order valence-corrected chi connectivity index (χ4v) is 0.526. The number of carboxylic acids is 1. The molecule has 0 radical (unpaired) electrons. The molecule has 0 fully saturated rings. The van der Waals surface area contributed by atoms with Crippen LogP contribution >= 0.6 is 0 Å². The van der Waals surface area contributed by atoms with Crippen LogP contribution in [0.5, 0.6) is 0 Å². The van der Waals surface area contributed by atoms with Crippen molar-refractivity contribution in [3.63, 3.8) is 0 Å². The summed E-state index contributed by atoms with van der Waals surface area (Å²) in [6.07, 6.45) is 3.28. The molecule has 0 bridgehead atoms. The molecule has 0 aromatic carbocycles. The third-order valence-corrected chi connectivity index (χ3v) is 0.994. The molecule has 12 heavy (non-hydrogen) atoms. The second-order valence-electron chi connectivity index (χ2n) is 2.09. The van der Waals surface area contributed by atoms with E-state index in [1.807, 2.05) is 0 Å². The van der Waals surface area contributed by atoms with Gasteiger partial charge in [-0.05, 0) is 6.42 Å². The van der Waals surface area contributed by atoms with Crippen LogP contribution in [0.1, 0.15) is 32.6 Å². The van der Waals surface area contributed by atoms with E-state index < -0.39 is 24.8 Å². The zero-order valence-corrected chi connectivity index (χ0v) is 9.09. The van der Waals surface area contributed by atoms with Crippen molar-refractivity contribution < 1.29 is 38.8 Å². The number of aliphatic carboxylic acids is 1. The Morgan fingerprint density at radius 1 is 1.33 bits per heavy atom. The van der Waals surface area contributed by atoms with E-state index in [4.69, 9.17) is 15.2 Å². The Morgan fingerprint density at radius 2 is 1.75 bits per heavy atom. The van der Waals surface area contributed by atoms with Gasteiger partial charge in [-0.25, -0.2) is 0 Å². The molecule has 0 amide bonds. The SMILES string of the molecule is CCCCCC(=O)O.[O]=[Nb](=[O])[OH]. The van der Waals surface area contributed by atoms with Gasteiger partial charge in [0.25, 0.3) is 0 Å². The van der Waals surface area contributed by atoms with Gasteiger partial charge in [-0.1, -0.05) is 19.8 Å². The van der Waals surface area contributed by atoms with Crippen molar-refractivity contribution in [3.8, 4) is 0 Å². The number of carboxylic acid groups (broad SMARTS) is 1. The predicted molar refractivity (Wildman–Crippen MR) is 35.4 cm³/mol. The van der Waals surface area contributed by atoms with Gasteiger partial charge in [-0.2, -0.15) is 0 Å². The molecular weight excluding hydrogens is 245 g/mol. The van der Waals surface area contributed by atoms with Gasteiger partial charge in [0.1, 0.15) is 0 Å². The van der Waals surface area contributed by atoms with Crippen molar-refractivity contribution in [2.24, 2.45) is 0 Å². The summed E-state index contributed by atoms with van der Waals surface area (Å²) >= 11 is -3.95. The molecule has 6 heteroatoms. The quantitative estimate of drug-likeness (QED) is 0.576. The Balaban J connectivity index is 0. The third kappa shape index (κ3) is 33.0. The normalized spacial score (nSPS) is 8.17. The topological polar surface area (TPSA) is 91.7 Å². The van der Waals surface area contributed by atoms with Gasteiger partial charge in [0, 0.05) is 6.42 Å². The first kappa shape index (κ1) is 14.3. The molecule has 2 N–H and O–H groups in total. The summed E-state index contributed by atoms with van der Waals surface area (Å²) in [6.45, 7) is 2.06. The number of hydrogen-bond donors (Lipinski definition) is 2. The van der Waals surface area contributed by atoms with Gasteiger partial charge in [0.2, 0.25) is 0 Å². The monoisotopic (exact) mass is 258 g/mol. The molecule has 0 unspecified atom stereocenters. The molecule has 0 aliphatic carbocycles. The van der Waals surface area contributed by atoms with Gasteiger partial charge in [-0.3, -0.25) is 4.79 Å². The van der Waals surface area contributed by atoms with Crippen LogP contribution in [0.2, 0.25) is 0 Å². The van der Waals surface area contributed by atoms with Crippen LogP contribution < -0.4 is 0 Å². The Hall–Kier alpha value is -0.230. The maximum atomic E-state index is 9.87. The molecule has 72 valence electrons. The zero-order chi connectivity index (χ0) is 9.98. The third-order valence-electron chi connectivity index (χ3n) is 0.994. The van der Waals surface area contributed by atoms with Crippen LogP contribution in [0.15, 0.2) is 0 Å². The predicted octanol–water partition coefficient (Wildman–Crippen LogP) is 0.854. The number of carbonyl (C=O) groups is 1. The van der Waals surface area contributed by atoms with E-state index >= 15 is 0 Å². The standard InChI is InChI=1S/C6H12O2.Nb.H2O.2O/c1-2-3-4-5-6(7)8;;;;/h2-5H2,1H3,(H,7,8);;1H2;;/q;+1;;;/p-1. The Bertz CT molecular complexity index is 167. The van der Waals surface area contributed by atoms with E-state index in [9.17, 15) is 4.79 Å². The van der Waals surface area contributed by atoms with Gasteiger partial charge in [0.05, 0.1) is 0 Å². The second kappa shape index (κ2) is 10.8. The first-order valence-electron chi connectivity index (χ1n) is 3.55. The average Bonchev–Trinajstić information content (AvgIpc) is 1.86. The van der Waals surface area contributed by atoms with Crippen molar-refractivity contribution in [1.82, 2.24) is 0 Å². The van der Waals surface area contributed by atoms with E-state index in [-0.39, 0.29) is 0 Å². The summed E-state index contributed by atoms with van der Waals surface area (Å²) in [5.74, 6) is -0.682. The van der Waals surface area contributed by atoms with Gasteiger partial charge < -0.3 is 5.11 Å². The van der Waals surface area contributed by atoms with Crippen LogP contribution in [0.4, 0.5) is 0 Å². The summed E-state index contributed by atoms with van der Waals surface area (Å²) in [4.78, 5) is 9.87. The first-order valence-corrected chi connectivity index (χ1v) is 6.33. The second-order valence-corrected chi connectivity index (χ2v) is 3.26. The molecule has 0 rings (SSSR count). The molecule has 0 spiro atoms. The van der Waals surface area contributed by atoms with Crippen LogP contribution in [0.25, 0.3) is 0 Å². The van der Waals surface area contributed by atoms with Crippen LogP contribution in [-0.4, -0.2) is 14.7 Å². The fraction of sp³-hybridized carbons (Fsp3) is 0.833. The molecule has 0 aliphatic heterocycles. The Morgan fingerprint density at radius 3 is 2.00 bits per heavy atom. The number of unbranched alkanes of at least 4 members (excludes halogenated alkanes) is 2. The summed E-state index contributed by atoms with van der Waals surface area (Å²) in [5.41, 5.74) is 0. The van der Waals surface area contributed by atoms with Crippen molar-refractivity contribution in [2.75, 3.05) is 0 Å². The van der Waals surface area contributed by atoms with Crippen LogP contribution in [0.3, 0.4) is 0 Å². The van der Waals surface area contributed by atoms with Gasteiger partial charge in [0.15, 0.2) is 0 Å². The van der Waals surface area contributed by atoms with Crippen molar-refractivity contribution in [2.45, 2.75) is 32.6 Å². The zero-order valence-electron chi connectivity index (χ0n) is 6.89. The van der Waals surface area contributed by atoms with E-state index in [1.165, 1.54) is 0 Å². The van der Waals surface area contributed by atoms with Crippen molar-refractivity contribution in [3.05, 3.63) is 0 Å². The molecule has 0 atom stereocenters. The Kier molecular flexibility index (Phi) is 12.8. The summed E-state index contributed by atoms with van der Waals surface area (Å²) in [6, 6.07) is 0. The Labute approximate surface area is 77.7 Å². The molecule has 0 heterocycles. The van der Waals surface area contributed by atoms with Crippen molar-refractivity contribution >= 4 is 5.97 Å².